The van der Waals surface area contributed by atoms with E-state index in [2.05, 4.69) is 4.98 Å². The van der Waals surface area contributed by atoms with Crippen LogP contribution in [0.2, 0.25) is 10.0 Å². The molecule has 0 aliphatic carbocycles. The summed E-state index contributed by atoms with van der Waals surface area (Å²) in [6, 6.07) is 11.3. The molecule has 2 nitrogen and oxygen atoms in total. The fourth-order valence-electron chi connectivity index (χ4n) is 2.25. The number of hydrogen-bond acceptors (Lipinski definition) is 2. The Hall–Kier alpha value is -1.42. The lowest BCUT2D eigenvalue weighted by molar-refractivity contribution is 1.17. The Labute approximate surface area is 142 Å². The van der Waals surface area contributed by atoms with Gasteiger partial charge in [0.1, 0.15) is 0 Å². The molecule has 0 spiro atoms. The second-order valence-electron chi connectivity index (χ2n) is 5.06. The monoisotopic (exact) mass is 349 g/mol. The Balaban J connectivity index is 2.14. The van der Waals surface area contributed by atoms with Crippen molar-refractivity contribution >= 4 is 45.9 Å². The van der Waals surface area contributed by atoms with E-state index < -0.39 is 0 Å². The third kappa shape index (κ3) is 2.76. The van der Waals surface area contributed by atoms with Crippen molar-refractivity contribution in [3.8, 4) is 0 Å². The molecule has 3 rings (SSSR count). The number of H-pyrrole nitrogens is 1. The van der Waals surface area contributed by atoms with Gasteiger partial charge in [-0.15, -0.1) is 0 Å². The van der Waals surface area contributed by atoms with E-state index in [0.717, 1.165) is 21.0 Å². The molecule has 1 N–H and O–H groups in total. The van der Waals surface area contributed by atoms with Crippen LogP contribution in [0.15, 0.2) is 51.0 Å². The topological polar surface area (TPSA) is 32.9 Å². The highest BCUT2D eigenvalue weighted by molar-refractivity contribution is 7.99. The average Bonchev–Trinajstić information content (AvgIpc) is 2.50. The number of benzene rings is 2. The van der Waals surface area contributed by atoms with Crippen molar-refractivity contribution in [2.45, 2.75) is 23.6 Å². The van der Waals surface area contributed by atoms with Gasteiger partial charge in [-0.2, -0.15) is 0 Å². The molecular formula is C17H13Cl2NOS. The Morgan fingerprint density at radius 2 is 1.68 bits per heavy atom. The molecule has 0 aliphatic rings. The summed E-state index contributed by atoms with van der Waals surface area (Å²) in [6.07, 6.45) is 0. The van der Waals surface area contributed by atoms with Crippen LogP contribution in [-0.4, -0.2) is 4.98 Å². The maximum absolute atomic E-state index is 12.5. The SMILES string of the molecule is Cc1[nH]c2ccc(Sc3ccc(Cl)cc3)c(Cl)c2c(=O)c1C. The van der Waals surface area contributed by atoms with Gasteiger partial charge in [-0.1, -0.05) is 35.0 Å². The standard InChI is InChI=1S/C17H13Cl2NOS/c1-9-10(2)20-13-7-8-14(16(19)15(13)17(9)21)22-12-5-3-11(18)4-6-12/h3-8H,1-2H3,(H,20,21). The van der Waals surface area contributed by atoms with Crippen LogP contribution < -0.4 is 5.43 Å². The van der Waals surface area contributed by atoms with Crippen molar-refractivity contribution < 1.29 is 0 Å². The summed E-state index contributed by atoms with van der Waals surface area (Å²) in [5.74, 6) is 0. The Morgan fingerprint density at radius 1 is 1.00 bits per heavy atom. The van der Waals surface area contributed by atoms with E-state index >= 15 is 0 Å². The summed E-state index contributed by atoms with van der Waals surface area (Å²) in [5, 5.41) is 1.72. The maximum atomic E-state index is 12.5. The Kier molecular flexibility index (Phi) is 4.22. The summed E-state index contributed by atoms with van der Waals surface area (Å²) in [4.78, 5) is 17.6. The molecule has 0 amide bonds. The molecule has 0 saturated carbocycles. The van der Waals surface area contributed by atoms with Crippen molar-refractivity contribution in [3.05, 3.63) is 67.9 Å². The van der Waals surface area contributed by atoms with Crippen LogP contribution in [0, 0.1) is 13.8 Å². The number of aromatic amines is 1. The van der Waals surface area contributed by atoms with Crippen LogP contribution in [0.5, 0.6) is 0 Å². The van der Waals surface area contributed by atoms with Crippen molar-refractivity contribution in [1.29, 1.82) is 0 Å². The lowest BCUT2D eigenvalue weighted by Gasteiger charge is -2.09. The third-order valence-electron chi connectivity index (χ3n) is 3.60. The van der Waals surface area contributed by atoms with Gasteiger partial charge in [-0.3, -0.25) is 4.79 Å². The van der Waals surface area contributed by atoms with E-state index in [9.17, 15) is 4.79 Å². The number of pyridine rings is 1. The van der Waals surface area contributed by atoms with Crippen LogP contribution in [0.3, 0.4) is 0 Å². The summed E-state index contributed by atoms with van der Waals surface area (Å²) >= 11 is 13.9. The smallest absolute Gasteiger partial charge is 0.194 e. The zero-order chi connectivity index (χ0) is 15.9. The number of nitrogens with one attached hydrogen (secondary N) is 1. The molecule has 2 aromatic carbocycles. The molecule has 0 saturated heterocycles. The Morgan fingerprint density at radius 3 is 2.36 bits per heavy atom. The van der Waals surface area contributed by atoms with E-state index in [0.29, 0.717) is 21.0 Å². The zero-order valence-electron chi connectivity index (χ0n) is 12.0. The minimum Gasteiger partial charge on any atom is -0.358 e. The van der Waals surface area contributed by atoms with Crippen LogP contribution in [0.25, 0.3) is 10.9 Å². The quantitative estimate of drug-likeness (QED) is 0.652. The van der Waals surface area contributed by atoms with Gasteiger partial charge in [-0.25, -0.2) is 0 Å². The first-order valence-corrected chi connectivity index (χ1v) is 8.29. The van der Waals surface area contributed by atoms with Crippen molar-refractivity contribution in [1.82, 2.24) is 4.98 Å². The van der Waals surface area contributed by atoms with Crippen LogP contribution >= 0.6 is 35.0 Å². The molecule has 0 atom stereocenters. The number of hydrogen-bond donors (Lipinski definition) is 1. The van der Waals surface area contributed by atoms with Gasteiger partial charge in [0, 0.05) is 26.1 Å². The van der Waals surface area contributed by atoms with Gasteiger partial charge in [0.05, 0.1) is 15.9 Å². The Bertz CT molecular complexity index is 917. The third-order valence-corrected chi connectivity index (χ3v) is 5.42. The van der Waals surface area contributed by atoms with Crippen LogP contribution in [0.4, 0.5) is 0 Å². The highest BCUT2D eigenvalue weighted by atomic mass is 35.5. The number of halogens is 2. The number of rotatable bonds is 2. The lowest BCUT2D eigenvalue weighted by atomic mass is 10.1. The second-order valence-corrected chi connectivity index (χ2v) is 6.99. The summed E-state index contributed by atoms with van der Waals surface area (Å²) in [5.41, 5.74) is 2.31. The first-order valence-electron chi connectivity index (χ1n) is 6.72. The number of aromatic nitrogens is 1. The van der Waals surface area contributed by atoms with Gasteiger partial charge in [0.15, 0.2) is 5.43 Å². The predicted molar refractivity (Wildman–Crippen MR) is 94.6 cm³/mol. The minimum atomic E-state index is -0.0187. The number of fused-ring (bicyclic) bond motifs is 1. The van der Waals surface area contributed by atoms with E-state index in [1.807, 2.05) is 50.2 Å². The molecule has 0 aliphatic heterocycles. The molecule has 112 valence electrons. The number of aryl methyl sites for hydroxylation is 1. The van der Waals surface area contributed by atoms with E-state index in [1.54, 1.807) is 0 Å². The fourth-order valence-corrected chi connectivity index (χ4v) is 3.59. The van der Waals surface area contributed by atoms with E-state index in [4.69, 9.17) is 23.2 Å². The first kappa shape index (κ1) is 15.5. The molecule has 0 unspecified atom stereocenters. The summed E-state index contributed by atoms with van der Waals surface area (Å²) < 4.78 is 0. The molecule has 5 heteroatoms. The van der Waals surface area contributed by atoms with Gasteiger partial charge in [0.25, 0.3) is 0 Å². The van der Waals surface area contributed by atoms with Gasteiger partial charge < -0.3 is 4.98 Å². The molecule has 1 heterocycles. The van der Waals surface area contributed by atoms with Crippen LogP contribution in [-0.2, 0) is 0 Å². The highest BCUT2D eigenvalue weighted by Crippen LogP contribution is 2.36. The molecule has 0 radical (unpaired) electrons. The molecule has 3 aromatic rings. The zero-order valence-corrected chi connectivity index (χ0v) is 14.4. The van der Waals surface area contributed by atoms with Crippen molar-refractivity contribution in [3.63, 3.8) is 0 Å². The largest absolute Gasteiger partial charge is 0.358 e. The fraction of sp³-hybridized carbons (Fsp3) is 0.118. The van der Waals surface area contributed by atoms with Gasteiger partial charge in [0.2, 0.25) is 0 Å². The second kappa shape index (κ2) is 5.99. The van der Waals surface area contributed by atoms with Gasteiger partial charge in [-0.05, 0) is 50.2 Å². The maximum Gasteiger partial charge on any atom is 0.194 e. The van der Waals surface area contributed by atoms with E-state index in [1.165, 1.54) is 11.8 Å². The average molecular weight is 350 g/mol. The lowest BCUT2D eigenvalue weighted by Crippen LogP contribution is -2.10. The first-order chi connectivity index (χ1) is 10.5. The van der Waals surface area contributed by atoms with Crippen LogP contribution in [0.1, 0.15) is 11.3 Å². The molecule has 0 bridgehead atoms. The molecule has 1 aromatic heterocycles. The molecule has 0 fully saturated rings. The molecular weight excluding hydrogens is 337 g/mol. The van der Waals surface area contributed by atoms with Crippen molar-refractivity contribution in [2.75, 3.05) is 0 Å². The van der Waals surface area contributed by atoms with E-state index in [-0.39, 0.29) is 5.43 Å². The van der Waals surface area contributed by atoms with Gasteiger partial charge >= 0.3 is 0 Å². The predicted octanol–water partition coefficient (Wildman–Crippen LogP) is 5.60. The molecule has 22 heavy (non-hydrogen) atoms. The van der Waals surface area contributed by atoms with Crippen molar-refractivity contribution in [2.24, 2.45) is 0 Å². The minimum absolute atomic E-state index is 0.0187. The summed E-state index contributed by atoms with van der Waals surface area (Å²) in [6.45, 7) is 3.70. The highest BCUT2D eigenvalue weighted by Gasteiger charge is 2.13. The summed E-state index contributed by atoms with van der Waals surface area (Å²) in [7, 11) is 0. The normalized spacial score (nSPS) is 11.1.